The number of esters is 1. The minimum atomic E-state index is -1.04. The number of thiophene rings is 1. The maximum atomic E-state index is 11.8. The van der Waals surface area contributed by atoms with Crippen molar-refractivity contribution < 1.29 is 19.1 Å². The first-order chi connectivity index (χ1) is 11.0. The van der Waals surface area contributed by atoms with E-state index in [0.717, 1.165) is 30.6 Å². The molecule has 0 unspecified atom stereocenters. The van der Waals surface area contributed by atoms with Crippen LogP contribution in [0.3, 0.4) is 0 Å². The van der Waals surface area contributed by atoms with E-state index in [-0.39, 0.29) is 6.04 Å². The molecular weight excluding hydrogens is 316 g/mol. The third-order valence-electron chi connectivity index (χ3n) is 3.52. The molecule has 1 aromatic heterocycles. The van der Waals surface area contributed by atoms with Gasteiger partial charge in [0.1, 0.15) is 0 Å². The second-order valence-corrected chi connectivity index (χ2v) is 6.35. The van der Waals surface area contributed by atoms with E-state index in [0.29, 0.717) is 0 Å². The zero-order chi connectivity index (χ0) is 16.7. The van der Waals surface area contributed by atoms with Gasteiger partial charge < -0.3 is 10.1 Å². The molecule has 0 aromatic carbocycles. The second-order valence-electron chi connectivity index (χ2n) is 5.37. The summed E-state index contributed by atoms with van der Waals surface area (Å²) in [5.74, 6) is -1.27. The molecule has 1 heterocycles. The van der Waals surface area contributed by atoms with Crippen LogP contribution < -0.4 is 10.6 Å². The fourth-order valence-electron chi connectivity index (χ4n) is 2.31. The molecule has 1 aromatic rings. The summed E-state index contributed by atoms with van der Waals surface area (Å²) in [5.41, 5.74) is 0. The Bertz CT molecular complexity index is 577. The van der Waals surface area contributed by atoms with Gasteiger partial charge in [-0.1, -0.05) is 18.9 Å². The Balaban J connectivity index is 1.73. The number of carbonyl (C=O) groups excluding carboxylic acids is 3. The predicted molar refractivity (Wildman–Crippen MR) is 87.8 cm³/mol. The normalized spacial score (nSPS) is 16.2. The highest BCUT2D eigenvalue weighted by atomic mass is 32.1. The topological polar surface area (TPSA) is 84.5 Å². The van der Waals surface area contributed by atoms with E-state index >= 15 is 0 Å². The average Bonchev–Trinajstić information content (AvgIpc) is 3.18. The summed E-state index contributed by atoms with van der Waals surface area (Å²) in [6, 6.07) is 3.31. The van der Waals surface area contributed by atoms with Gasteiger partial charge in [0.2, 0.25) is 0 Å². The summed E-state index contributed by atoms with van der Waals surface area (Å²) in [6.45, 7) is 1.43. The molecule has 3 amide bonds. The van der Waals surface area contributed by atoms with Gasteiger partial charge in [0.25, 0.3) is 5.91 Å². The molecule has 2 N–H and O–H groups in total. The number of hydrogen-bond acceptors (Lipinski definition) is 5. The summed E-state index contributed by atoms with van der Waals surface area (Å²) >= 11 is 1.49. The van der Waals surface area contributed by atoms with Crippen molar-refractivity contribution in [3.8, 4) is 0 Å². The molecule has 2 rings (SSSR count). The van der Waals surface area contributed by atoms with Crippen LogP contribution in [-0.4, -0.2) is 30.1 Å². The third kappa shape index (κ3) is 5.86. The SMILES string of the molecule is C[C@H](OC(=O)/C=C/c1cccs1)C(=O)NC(=O)NC1CCCC1. The molecule has 23 heavy (non-hydrogen) atoms. The highest BCUT2D eigenvalue weighted by molar-refractivity contribution is 7.10. The molecule has 1 saturated carbocycles. The minimum Gasteiger partial charge on any atom is -0.449 e. The monoisotopic (exact) mass is 336 g/mol. The Morgan fingerprint density at radius 3 is 2.74 bits per heavy atom. The first-order valence-corrected chi connectivity index (χ1v) is 8.46. The fourth-order valence-corrected chi connectivity index (χ4v) is 2.93. The van der Waals surface area contributed by atoms with E-state index in [1.54, 1.807) is 6.08 Å². The van der Waals surface area contributed by atoms with Crippen molar-refractivity contribution in [1.29, 1.82) is 0 Å². The molecular formula is C16H20N2O4S. The largest absolute Gasteiger partial charge is 0.449 e. The quantitative estimate of drug-likeness (QED) is 0.639. The van der Waals surface area contributed by atoms with Crippen LogP contribution in [0.25, 0.3) is 6.08 Å². The molecule has 6 nitrogen and oxygen atoms in total. The Morgan fingerprint density at radius 1 is 1.35 bits per heavy atom. The van der Waals surface area contributed by atoms with Gasteiger partial charge in [-0.05, 0) is 37.3 Å². The summed E-state index contributed by atoms with van der Waals surface area (Å²) in [7, 11) is 0. The minimum absolute atomic E-state index is 0.120. The van der Waals surface area contributed by atoms with E-state index in [1.165, 1.54) is 24.3 Å². The lowest BCUT2D eigenvalue weighted by atomic mass is 10.2. The molecule has 0 aliphatic heterocycles. The number of imide groups is 1. The number of carbonyl (C=O) groups is 3. The van der Waals surface area contributed by atoms with Crippen molar-refractivity contribution in [2.45, 2.75) is 44.8 Å². The Labute approximate surface area is 138 Å². The van der Waals surface area contributed by atoms with Crippen molar-refractivity contribution in [2.24, 2.45) is 0 Å². The number of ether oxygens (including phenoxy) is 1. The summed E-state index contributed by atoms with van der Waals surface area (Å²) < 4.78 is 4.97. The molecule has 7 heteroatoms. The maximum Gasteiger partial charge on any atom is 0.331 e. The van der Waals surface area contributed by atoms with Crippen LogP contribution in [0.2, 0.25) is 0 Å². The van der Waals surface area contributed by atoms with Gasteiger partial charge in [0.05, 0.1) is 0 Å². The summed E-state index contributed by atoms with van der Waals surface area (Å²) in [4.78, 5) is 36.1. The first-order valence-electron chi connectivity index (χ1n) is 7.58. The smallest absolute Gasteiger partial charge is 0.331 e. The van der Waals surface area contributed by atoms with Crippen molar-refractivity contribution in [1.82, 2.24) is 10.6 Å². The average molecular weight is 336 g/mol. The van der Waals surface area contributed by atoms with E-state index in [2.05, 4.69) is 10.6 Å². The lowest BCUT2D eigenvalue weighted by Gasteiger charge is -2.15. The highest BCUT2D eigenvalue weighted by Gasteiger charge is 2.22. The maximum absolute atomic E-state index is 11.8. The van der Waals surface area contributed by atoms with E-state index in [1.807, 2.05) is 17.5 Å². The molecule has 1 aliphatic carbocycles. The van der Waals surface area contributed by atoms with E-state index < -0.39 is 24.0 Å². The second kappa shape index (κ2) is 8.47. The lowest BCUT2D eigenvalue weighted by molar-refractivity contribution is -0.149. The van der Waals surface area contributed by atoms with E-state index in [4.69, 9.17) is 4.74 Å². The van der Waals surface area contributed by atoms with Crippen LogP contribution >= 0.6 is 11.3 Å². The van der Waals surface area contributed by atoms with Crippen LogP contribution in [0.4, 0.5) is 4.79 Å². The number of rotatable bonds is 5. The molecule has 0 saturated heterocycles. The number of nitrogens with one attached hydrogen (secondary N) is 2. The lowest BCUT2D eigenvalue weighted by Crippen LogP contribution is -2.47. The van der Waals surface area contributed by atoms with Gasteiger partial charge in [-0.25, -0.2) is 9.59 Å². The zero-order valence-electron chi connectivity index (χ0n) is 12.9. The van der Waals surface area contributed by atoms with Gasteiger partial charge in [-0.15, -0.1) is 11.3 Å². The first kappa shape index (κ1) is 17.2. The van der Waals surface area contributed by atoms with Crippen LogP contribution in [0, 0.1) is 0 Å². The molecule has 0 spiro atoms. The Hall–Kier alpha value is -2.15. The standard InChI is InChI=1S/C16H20N2O4S/c1-11(22-14(19)9-8-13-7-4-10-23-13)15(20)18-16(21)17-12-5-2-3-6-12/h4,7-12H,2-3,5-6H2,1H3,(H2,17,18,20,21)/b9-8+/t11-/m0/s1. The third-order valence-corrected chi connectivity index (χ3v) is 4.35. The van der Waals surface area contributed by atoms with Crippen LogP contribution in [0.15, 0.2) is 23.6 Å². The van der Waals surface area contributed by atoms with Gasteiger partial charge >= 0.3 is 12.0 Å². The van der Waals surface area contributed by atoms with E-state index in [9.17, 15) is 14.4 Å². The van der Waals surface area contributed by atoms with Gasteiger partial charge in [0, 0.05) is 17.0 Å². The molecule has 0 bridgehead atoms. The van der Waals surface area contributed by atoms with Crippen LogP contribution in [0.1, 0.15) is 37.5 Å². The van der Waals surface area contributed by atoms with Gasteiger partial charge in [-0.3, -0.25) is 10.1 Å². The Kier molecular flexibility index (Phi) is 6.34. The molecule has 0 radical (unpaired) electrons. The summed E-state index contributed by atoms with van der Waals surface area (Å²) in [6.07, 6.45) is 5.87. The number of urea groups is 1. The van der Waals surface area contributed by atoms with Crippen molar-refractivity contribution in [3.05, 3.63) is 28.5 Å². The van der Waals surface area contributed by atoms with Gasteiger partial charge in [0.15, 0.2) is 6.10 Å². The molecule has 1 aliphatic rings. The Morgan fingerprint density at radius 2 is 2.09 bits per heavy atom. The van der Waals surface area contributed by atoms with Crippen LogP contribution in [-0.2, 0) is 14.3 Å². The summed E-state index contributed by atoms with van der Waals surface area (Å²) in [5, 5.41) is 6.82. The highest BCUT2D eigenvalue weighted by Crippen LogP contribution is 2.17. The molecule has 124 valence electrons. The fraction of sp³-hybridized carbons (Fsp3) is 0.438. The molecule has 1 fully saturated rings. The predicted octanol–water partition coefficient (Wildman–Crippen LogP) is 2.46. The zero-order valence-corrected chi connectivity index (χ0v) is 13.7. The van der Waals surface area contributed by atoms with Crippen molar-refractivity contribution in [3.63, 3.8) is 0 Å². The van der Waals surface area contributed by atoms with Crippen LogP contribution in [0.5, 0.6) is 0 Å². The number of hydrogen-bond donors (Lipinski definition) is 2. The van der Waals surface area contributed by atoms with Crippen molar-refractivity contribution in [2.75, 3.05) is 0 Å². The van der Waals surface area contributed by atoms with Gasteiger partial charge in [-0.2, -0.15) is 0 Å². The van der Waals surface area contributed by atoms with Crippen molar-refractivity contribution >= 4 is 35.3 Å². The number of amides is 3. The molecule has 1 atom stereocenters.